The third-order valence-electron chi connectivity index (χ3n) is 2.83. The molecule has 0 aromatic heterocycles. The van der Waals surface area contributed by atoms with Crippen molar-refractivity contribution in [2.24, 2.45) is 0 Å². The molecular formula is C15H13N3O4. The second-order valence-corrected chi connectivity index (χ2v) is 4.37. The molecule has 0 saturated carbocycles. The first-order valence-electron chi connectivity index (χ1n) is 6.44. The van der Waals surface area contributed by atoms with Crippen LogP contribution >= 0.6 is 0 Å². The van der Waals surface area contributed by atoms with Gasteiger partial charge in [0.25, 0.3) is 11.6 Å². The quantitative estimate of drug-likeness (QED) is 0.649. The normalized spacial score (nSPS) is 9.82. The molecule has 0 fully saturated rings. The highest BCUT2D eigenvalue weighted by Crippen LogP contribution is 2.22. The second kappa shape index (κ2) is 6.98. The van der Waals surface area contributed by atoms with Crippen LogP contribution < -0.4 is 10.6 Å². The molecule has 0 saturated heterocycles. The average molecular weight is 299 g/mol. The predicted molar refractivity (Wildman–Crippen MR) is 80.5 cm³/mol. The third kappa shape index (κ3) is 3.89. The van der Waals surface area contributed by atoms with Crippen LogP contribution in [-0.4, -0.2) is 23.3 Å². The molecule has 7 heteroatoms. The number of para-hydroxylation sites is 2. The van der Waals surface area contributed by atoms with E-state index in [1.165, 1.54) is 18.2 Å². The Balaban J connectivity index is 1.94. The predicted octanol–water partition coefficient (Wildman–Crippen LogP) is 1.96. The number of hydrogen-bond donors (Lipinski definition) is 2. The maximum absolute atomic E-state index is 11.8. The molecule has 2 aromatic rings. The lowest BCUT2D eigenvalue weighted by molar-refractivity contribution is -0.383. The minimum Gasteiger partial charge on any atom is -0.371 e. The number of nitro benzene ring substituents is 1. The molecule has 0 unspecified atom stereocenters. The van der Waals surface area contributed by atoms with Gasteiger partial charge in [0.2, 0.25) is 5.91 Å². The Morgan fingerprint density at radius 1 is 1.00 bits per heavy atom. The van der Waals surface area contributed by atoms with E-state index in [1.54, 1.807) is 36.4 Å². The van der Waals surface area contributed by atoms with Gasteiger partial charge < -0.3 is 5.32 Å². The zero-order valence-electron chi connectivity index (χ0n) is 11.5. The van der Waals surface area contributed by atoms with Crippen LogP contribution in [0.3, 0.4) is 0 Å². The molecule has 2 rings (SSSR count). The zero-order valence-corrected chi connectivity index (χ0v) is 11.5. The maximum atomic E-state index is 11.8. The molecule has 2 amide bonds. The van der Waals surface area contributed by atoms with Gasteiger partial charge in [0.15, 0.2) is 0 Å². The van der Waals surface area contributed by atoms with Gasteiger partial charge in [0.1, 0.15) is 5.69 Å². The Labute approximate surface area is 126 Å². The first-order valence-corrected chi connectivity index (χ1v) is 6.44. The highest BCUT2D eigenvalue weighted by molar-refractivity contribution is 6.05. The Hall–Kier alpha value is -3.22. The van der Waals surface area contributed by atoms with Gasteiger partial charge in [0, 0.05) is 11.6 Å². The number of carbonyl (C=O) groups is 2. The lowest BCUT2D eigenvalue weighted by Gasteiger charge is -2.07. The summed E-state index contributed by atoms with van der Waals surface area (Å²) in [5.41, 5.74) is 0.445. The SMILES string of the molecule is O=C(CNc1ccccc1[N+](=O)[O-])NC(=O)c1ccccc1. The van der Waals surface area contributed by atoms with Crippen molar-refractivity contribution < 1.29 is 14.5 Å². The van der Waals surface area contributed by atoms with Crippen molar-refractivity contribution in [3.8, 4) is 0 Å². The van der Waals surface area contributed by atoms with Crippen LogP contribution in [0, 0.1) is 10.1 Å². The Morgan fingerprint density at radius 2 is 1.64 bits per heavy atom. The second-order valence-electron chi connectivity index (χ2n) is 4.37. The molecule has 0 heterocycles. The molecule has 0 radical (unpaired) electrons. The fraction of sp³-hybridized carbons (Fsp3) is 0.0667. The number of hydrogen-bond acceptors (Lipinski definition) is 5. The van der Waals surface area contributed by atoms with E-state index < -0.39 is 16.7 Å². The number of nitro groups is 1. The molecule has 22 heavy (non-hydrogen) atoms. The van der Waals surface area contributed by atoms with E-state index in [2.05, 4.69) is 10.6 Å². The summed E-state index contributed by atoms with van der Waals surface area (Å²) in [7, 11) is 0. The van der Waals surface area contributed by atoms with E-state index in [9.17, 15) is 19.7 Å². The van der Waals surface area contributed by atoms with Crippen molar-refractivity contribution in [3.63, 3.8) is 0 Å². The molecule has 7 nitrogen and oxygen atoms in total. The van der Waals surface area contributed by atoms with Crippen molar-refractivity contribution in [2.45, 2.75) is 0 Å². The number of nitrogens with zero attached hydrogens (tertiary/aromatic N) is 1. The number of imide groups is 1. The van der Waals surface area contributed by atoms with E-state index in [-0.39, 0.29) is 17.9 Å². The molecule has 2 N–H and O–H groups in total. The molecule has 0 aliphatic rings. The highest BCUT2D eigenvalue weighted by Gasteiger charge is 2.14. The molecular weight excluding hydrogens is 286 g/mol. The highest BCUT2D eigenvalue weighted by atomic mass is 16.6. The topological polar surface area (TPSA) is 101 Å². The van der Waals surface area contributed by atoms with Gasteiger partial charge in [-0.2, -0.15) is 0 Å². The van der Waals surface area contributed by atoms with Crippen LogP contribution in [0.15, 0.2) is 54.6 Å². The monoisotopic (exact) mass is 299 g/mol. The number of amides is 2. The number of benzene rings is 2. The van der Waals surface area contributed by atoms with Crippen LogP contribution in [0.2, 0.25) is 0 Å². The molecule has 0 aliphatic heterocycles. The largest absolute Gasteiger partial charge is 0.371 e. The third-order valence-corrected chi connectivity index (χ3v) is 2.83. The summed E-state index contributed by atoms with van der Waals surface area (Å²) < 4.78 is 0. The van der Waals surface area contributed by atoms with Gasteiger partial charge in [-0.05, 0) is 18.2 Å². The first kappa shape index (κ1) is 15.2. The van der Waals surface area contributed by atoms with Crippen LogP contribution in [0.25, 0.3) is 0 Å². The smallest absolute Gasteiger partial charge is 0.292 e. The van der Waals surface area contributed by atoms with Crippen LogP contribution in [0.4, 0.5) is 11.4 Å². The number of carbonyl (C=O) groups excluding carboxylic acids is 2. The van der Waals surface area contributed by atoms with Gasteiger partial charge in [-0.3, -0.25) is 25.0 Å². The lowest BCUT2D eigenvalue weighted by Crippen LogP contribution is -2.35. The van der Waals surface area contributed by atoms with Crippen LogP contribution in [0.1, 0.15) is 10.4 Å². The summed E-state index contributed by atoms with van der Waals surface area (Å²) in [6.45, 7) is -0.247. The van der Waals surface area contributed by atoms with Crippen molar-refractivity contribution in [2.75, 3.05) is 11.9 Å². The fourth-order valence-electron chi connectivity index (χ4n) is 1.79. The van der Waals surface area contributed by atoms with Gasteiger partial charge in [-0.25, -0.2) is 0 Å². The molecule has 112 valence electrons. The number of rotatable bonds is 5. The van der Waals surface area contributed by atoms with Crippen LogP contribution in [-0.2, 0) is 4.79 Å². The Morgan fingerprint density at radius 3 is 2.32 bits per heavy atom. The number of nitrogens with one attached hydrogen (secondary N) is 2. The van der Waals surface area contributed by atoms with Crippen molar-refractivity contribution >= 4 is 23.2 Å². The van der Waals surface area contributed by atoms with Gasteiger partial charge in [-0.1, -0.05) is 30.3 Å². The molecule has 0 bridgehead atoms. The van der Waals surface area contributed by atoms with Gasteiger partial charge in [0.05, 0.1) is 11.5 Å². The zero-order chi connectivity index (χ0) is 15.9. The summed E-state index contributed by atoms with van der Waals surface area (Å²) in [4.78, 5) is 33.8. The van der Waals surface area contributed by atoms with Crippen molar-refractivity contribution in [1.29, 1.82) is 0 Å². The average Bonchev–Trinajstić information content (AvgIpc) is 2.54. The summed E-state index contributed by atoms with van der Waals surface area (Å²) in [5.74, 6) is -1.10. The van der Waals surface area contributed by atoms with Gasteiger partial charge in [-0.15, -0.1) is 0 Å². The van der Waals surface area contributed by atoms with E-state index in [0.29, 0.717) is 5.56 Å². The van der Waals surface area contributed by atoms with Crippen LogP contribution in [0.5, 0.6) is 0 Å². The summed E-state index contributed by atoms with van der Waals surface area (Å²) >= 11 is 0. The minimum atomic E-state index is -0.577. The first-order chi connectivity index (χ1) is 10.6. The van der Waals surface area contributed by atoms with E-state index >= 15 is 0 Å². The van der Waals surface area contributed by atoms with Crippen molar-refractivity contribution in [3.05, 3.63) is 70.3 Å². The Kier molecular flexibility index (Phi) is 4.81. The molecule has 0 spiro atoms. The molecule has 0 atom stereocenters. The lowest BCUT2D eigenvalue weighted by atomic mass is 10.2. The van der Waals surface area contributed by atoms with E-state index in [1.807, 2.05) is 0 Å². The Bertz CT molecular complexity index is 701. The van der Waals surface area contributed by atoms with E-state index in [0.717, 1.165) is 0 Å². The standard InChI is InChI=1S/C15H13N3O4/c19-14(17-15(20)11-6-2-1-3-7-11)10-16-12-8-4-5-9-13(12)18(21)22/h1-9,16H,10H2,(H,17,19,20). The molecule has 0 aliphatic carbocycles. The van der Waals surface area contributed by atoms with Gasteiger partial charge >= 0.3 is 0 Å². The van der Waals surface area contributed by atoms with E-state index in [4.69, 9.17) is 0 Å². The number of anilines is 1. The summed E-state index contributed by atoms with van der Waals surface area (Å²) in [6, 6.07) is 14.3. The summed E-state index contributed by atoms with van der Waals surface area (Å²) in [5, 5.41) is 15.7. The summed E-state index contributed by atoms with van der Waals surface area (Å²) in [6.07, 6.45) is 0. The maximum Gasteiger partial charge on any atom is 0.292 e. The minimum absolute atomic E-state index is 0.135. The van der Waals surface area contributed by atoms with Crippen molar-refractivity contribution in [1.82, 2.24) is 5.32 Å². The molecule has 2 aromatic carbocycles. The fourth-order valence-corrected chi connectivity index (χ4v) is 1.79.